The Labute approximate surface area is 130 Å². The first-order valence-electron chi connectivity index (χ1n) is 7.48. The number of likely N-dealkylation sites (N-methyl/N-ethyl adjacent to an activating group) is 1. The Bertz CT molecular complexity index is 627. The Kier molecular flexibility index (Phi) is 4.31. The second kappa shape index (κ2) is 6.37. The number of nitrogens with two attached hydrogens (primary N) is 1. The van der Waals surface area contributed by atoms with Crippen LogP contribution in [0.4, 0.5) is 5.82 Å². The first kappa shape index (κ1) is 14.9. The Morgan fingerprint density at radius 2 is 2.14 bits per heavy atom. The maximum atomic E-state index is 6.15. The van der Waals surface area contributed by atoms with E-state index in [9.17, 15) is 0 Å². The molecule has 118 valence electrons. The van der Waals surface area contributed by atoms with Gasteiger partial charge in [-0.25, -0.2) is 4.68 Å². The van der Waals surface area contributed by atoms with Crippen molar-refractivity contribution in [1.82, 2.24) is 14.7 Å². The zero-order valence-electron chi connectivity index (χ0n) is 13.0. The number of nitrogens with zero attached hydrogens (tertiary/aromatic N) is 3. The Morgan fingerprint density at radius 3 is 2.86 bits per heavy atom. The molecule has 0 unspecified atom stereocenters. The summed E-state index contributed by atoms with van der Waals surface area (Å²) in [5, 5.41) is 4.48. The van der Waals surface area contributed by atoms with Crippen molar-refractivity contribution in [1.29, 1.82) is 0 Å². The molecule has 0 spiro atoms. The third kappa shape index (κ3) is 3.08. The summed E-state index contributed by atoms with van der Waals surface area (Å²) in [6, 6.07) is 9.80. The number of para-hydroxylation sites is 1. The lowest BCUT2D eigenvalue weighted by Gasteiger charge is -2.29. The maximum absolute atomic E-state index is 6.15. The maximum Gasteiger partial charge on any atom is 0.238 e. The summed E-state index contributed by atoms with van der Waals surface area (Å²) in [5.74, 6) is 1.17. The van der Waals surface area contributed by atoms with Gasteiger partial charge in [0, 0.05) is 13.1 Å². The number of hydrogen-bond donors (Lipinski definition) is 1. The molecule has 2 heterocycles. The molecular formula is C16H22N4O2. The lowest BCUT2D eigenvalue weighted by Crippen LogP contribution is -2.42. The predicted octanol–water partition coefficient (Wildman–Crippen LogP) is 1.47. The molecule has 1 aromatic carbocycles. The van der Waals surface area contributed by atoms with Crippen molar-refractivity contribution in [2.45, 2.75) is 13.0 Å². The number of benzene rings is 1. The molecule has 22 heavy (non-hydrogen) atoms. The molecule has 0 amide bonds. The summed E-state index contributed by atoms with van der Waals surface area (Å²) in [4.78, 5) is 2.24. The van der Waals surface area contributed by atoms with Crippen molar-refractivity contribution < 1.29 is 9.47 Å². The van der Waals surface area contributed by atoms with Crippen molar-refractivity contribution in [2.75, 3.05) is 39.1 Å². The molecule has 1 aromatic heterocycles. The van der Waals surface area contributed by atoms with E-state index in [2.05, 4.69) is 17.0 Å². The topological polar surface area (TPSA) is 65.5 Å². The Morgan fingerprint density at radius 1 is 1.36 bits per heavy atom. The van der Waals surface area contributed by atoms with Gasteiger partial charge in [0.2, 0.25) is 5.88 Å². The zero-order valence-corrected chi connectivity index (χ0v) is 13.0. The molecule has 2 N–H and O–H groups in total. The second-order valence-electron chi connectivity index (χ2n) is 5.63. The smallest absolute Gasteiger partial charge is 0.238 e. The first-order chi connectivity index (χ1) is 10.6. The van der Waals surface area contributed by atoms with Crippen molar-refractivity contribution in [3.8, 4) is 11.6 Å². The monoisotopic (exact) mass is 302 g/mol. The van der Waals surface area contributed by atoms with Crippen LogP contribution in [0.2, 0.25) is 0 Å². The summed E-state index contributed by atoms with van der Waals surface area (Å²) < 4.78 is 13.2. The van der Waals surface area contributed by atoms with Gasteiger partial charge in [-0.3, -0.25) is 0 Å². The molecule has 1 saturated heterocycles. The van der Waals surface area contributed by atoms with Gasteiger partial charge in [0.15, 0.2) is 0 Å². The van der Waals surface area contributed by atoms with Crippen LogP contribution in [-0.4, -0.2) is 54.1 Å². The number of ether oxygens (including phenoxy) is 2. The van der Waals surface area contributed by atoms with Gasteiger partial charge >= 0.3 is 0 Å². The van der Waals surface area contributed by atoms with Crippen LogP contribution in [0.1, 0.15) is 5.56 Å². The standard InChI is InChI=1S/C16H22N4O2/c1-12-15(17)20(13-6-4-3-5-7-13)18-16(12)22-11-14-10-19(2)8-9-21-14/h3-7,14H,8-11,17H2,1-2H3/t14-/m0/s1. The molecule has 1 aliphatic rings. The molecule has 0 aliphatic carbocycles. The largest absolute Gasteiger partial charge is 0.474 e. The van der Waals surface area contributed by atoms with Gasteiger partial charge in [-0.2, -0.15) is 0 Å². The van der Waals surface area contributed by atoms with Gasteiger partial charge in [0.05, 0.1) is 17.9 Å². The van der Waals surface area contributed by atoms with Crippen LogP contribution in [0.3, 0.4) is 0 Å². The van der Waals surface area contributed by atoms with Crippen LogP contribution >= 0.6 is 0 Å². The van der Waals surface area contributed by atoms with Gasteiger partial charge in [-0.15, -0.1) is 5.10 Å². The molecule has 1 aliphatic heterocycles. The molecule has 0 bridgehead atoms. The highest BCUT2D eigenvalue weighted by molar-refractivity contribution is 5.51. The highest BCUT2D eigenvalue weighted by Crippen LogP contribution is 2.25. The van der Waals surface area contributed by atoms with E-state index in [0.717, 1.165) is 30.9 Å². The molecule has 6 nitrogen and oxygen atoms in total. The van der Waals surface area contributed by atoms with E-state index < -0.39 is 0 Å². The predicted molar refractivity (Wildman–Crippen MR) is 85.4 cm³/mol. The lowest BCUT2D eigenvalue weighted by atomic mass is 10.3. The third-order valence-corrected chi connectivity index (χ3v) is 3.87. The van der Waals surface area contributed by atoms with E-state index in [1.165, 1.54) is 0 Å². The lowest BCUT2D eigenvalue weighted by molar-refractivity contribution is -0.0411. The van der Waals surface area contributed by atoms with E-state index in [0.29, 0.717) is 18.3 Å². The minimum atomic E-state index is 0.0706. The molecule has 3 rings (SSSR count). The van der Waals surface area contributed by atoms with Crippen LogP contribution in [-0.2, 0) is 4.74 Å². The van der Waals surface area contributed by atoms with Crippen molar-refractivity contribution in [3.05, 3.63) is 35.9 Å². The molecule has 1 atom stereocenters. The molecule has 1 fully saturated rings. The van der Waals surface area contributed by atoms with Crippen LogP contribution in [0, 0.1) is 6.92 Å². The van der Waals surface area contributed by atoms with E-state index in [1.54, 1.807) is 4.68 Å². The van der Waals surface area contributed by atoms with Crippen LogP contribution in [0.5, 0.6) is 5.88 Å². The van der Waals surface area contributed by atoms with Crippen LogP contribution in [0.15, 0.2) is 30.3 Å². The van der Waals surface area contributed by atoms with Gasteiger partial charge in [-0.1, -0.05) is 18.2 Å². The molecule has 0 saturated carbocycles. The summed E-state index contributed by atoms with van der Waals surface area (Å²) in [5.41, 5.74) is 7.92. The molecular weight excluding hydrogens is 280 g/mol. The first-order valence-corrected chi connectivity index (χ1v) is 7.48. The van der Waals surface area contributed by atoms with Gasteiger partial charge in [-0.05, 0) is 26.1 Å². The van der Waals surface area contributed by atoms with Crippen molar-refractivity contribution in [3.63, 3.8) is 0 Å². The number of hydrogen-bond acceptors (Lipinski definition) is 5. The fourth-order valence-corrected chi connectivity index (χ4v) is 2.53. The normalized spacial score (nSPS) is 19.3. The summed E-state index contributed by atoms with van der Waals surface area (Å²) in [7, 11) is 2.09. The van der Waals surface area contributed by atoms with E-state index in [4.69, 9.17) is 15.2 Å². The van der Waals surface area contributed by atoms with Crippen LogP contribution < -0.4 is 10.5 Å². The molecule has 6 heteroatoms. The average Bonchev–Trinajstić information content (AvgIpc) is 2.82. The fourth-order valence-electron chi connectivity index (χ4n) is 2.53. The SMILES string of the molecule is Cc1c(OC[C@@H]2CN(C)CCO2)nn(-c2ccccc2)c1N. The zero-order chi connectivity index (χ0) is 15.5. The van der Waals surface area contributed by atoms with E-state index in [1.807, 2.05) is 37.3 Å². The fraction of sp³-hybridized carbons (Fsp3) is 0.438. The number of aromatic nitrogens is 2. The van der Waals surface area contributed by atoms with Crippen molar-refractivity contribution in [2.24, 2.45) is 0 Å². The number of anilines is 1. The van der Waals surface area contributed by atoms with E-state index in [-0.39, 0.29) is 6.10 Å². The van der Waals surface area contributed by atoms with Crippen molar-refractivity contribution >= 4 is 5.82 Å². The summed E-state index contributed by atoms with van der Waals surface area (Å²) in [6.45, 7) is 4.98. The summed E-state index contributed by atoms with van der Waals surface area (Å²) in [6.07, 6.45) is 0.0706. The minimum Gasteiger partial charge on any atom is -0.474 e. The third-order valence-electron chi connectivity index (χ3n) is 3.87. The molecule has 0 radical (unpaired) electrons. The van der Waals surface area contributed by atoms with Gasteiger partial charge in [0.25, 0.3) is 0 Å². The number of nitrogen functional groups attached to an aromatic ring is 1. The number of morpholine rings is 1. The quantitative estimate of drug-likeness (QED) is 0.926. The Hall–Kier alpha value is -2.05. The second-order valence-corrected chi connectivity index (χ2v) is 5.63. The highest BCUT2D eigenvalue weighted by atomic mass is 16.5. The molecule has 2 aromatic rings. The van der Waals surface area contributed by atoms with Crippen LogP contribution in [0.25, 0.3) is 5.69 Å². The average molecular weight is 302 g/mol. The minimum absolute atomic E-state index is 0.0706. The van der Waals surface area contributed by atoms with Gasteiger partial charge in [0.1, 0.15) is 18.5 Å². The Balaban J connectivity index is 1.72. The van der Waals surface area contributed by atoms with E-state index >= 15 is 0 Å². The number of rotatable bonds is 4. The summed E-state index contributed by atoms with van der Waals surface area (Å²) >= 11 is 0. The highest BCUT2D eigenvalue weighted by Gasteiger charge is 2.20. The van der Waals surface area contributed by atoms with Gasteiger partial charge < -0.3 is 20.1 Å².